The Morgan fingerprint density at radius 1 is 0.875 bits per heavy atom. The third-order valence-electron chi connectivity index (χ3n) is 2.82. The number of aliphatic hydroxyl groups is 1. The number of carbonyl (C=O) groups excluding carboxylic acids is 4. The van der Waals surface area contributed by atoms with Crippen LogP contribution < -0.4 is 0 Å². The molecule has 1 fully saturated rings. The van der Waals surface area contributed by atoms with Crippen LogP contribution in [-0.4, -0.2) is 66.3 Å². The van der Waals surface area contributed by atoms with Crippen LogP contribution in [-0.2, 0) is 42.9 Å². The molecular weight excluding hydrogens is 328 g/mol. The van der Waals surface area contributed by atoms with E-state index in [-0.39, 0.29) is 0 Å². The molecule has 1 aliphatic rings. The Bertz CT molecular complexity index is 574. The first-order valence-corrected chi connectivity index (χ1v) is 6.51. The molecule has 10 nitrogen and oxygen atoms in total. The van der Waals surface area contributed by atoms with E-state index in [1.54, 1.807) is 0 Å². The molecule has 0 amide bonds. The Morgan fingerprint density at radius 3 is 1.92 bits per heavy atom. The van der Waals surface area contributed by atoms with Crippen LogP contribution in [0.2, 0.25) is 0 Å². The fourth-order valence-electron chi connectivity index (χ4n) is 2.06. The second kappa shape index (κ2) is 8.60. The molecule has 0 aromatic carbocycles. The largest absolute Gasteiger partial charge is 0.463 e. The molecule has 0 saturated carbocycles. The number of esters is 4. The van der Waals surface area contributed by atoms with Crippen molar-refractivity contribution in [1.29, 1.82) is 0 Å². The first kappa shape index (κ1) is 14.2. The van der Waals surface area contributed by atoms with Crippen LogP contribution in [0.5, 0.6) is 0 Å². The summed E-state index contributed by atoms with van der Waals surface area (Å²) < 4.78 is 52.6. The molecule has 1 saturated heterocycles. The van der Waals surface area contributed by atoms with Gasteiger partial charge in [0.15, 0.2) is 24.6 Å². The van der Waals surface area contributed by atoms with Crippen LogP contribution >= 0.6 is 0 Å². The second-order valence-corrected chi connectivity index (χ2v) is 4.61. The summed E-state index contributed by atoms with van der Waals surface area (Å²) in [4.78, 5) is 45.9. The quantitative estimate of drug-likeness (QED) is 0.488. The fraction of sp³-hybridized carbons (Fsp3) is 0.714. The van der Waals surface area contributed by atoms with Crippen molar-refractivity contribution >= 4 is 23.9 Å². The highest BCUT2D eigenvalue weighted by Crippen LogP contribution is 2.28. The van der Waals surface area contributed by atoms with E-state index in [1.807, 2.05) is 0 Å². The van der Waals surface area contributed by atoms with Gasteiger partial charge >= 0.3 is 23.9 Å². The predicted molar refractivity (Wildman–Crippen MR) is 74.2 cm³/mol. The summed E-state index contributed by atoms with van der Waals surface area (Å²) in [6.07, 6.45) is -8.24. The summed E-state index contributed by atoms with van der Waals surface area (Å²) in [7, 11) is 0. The Morgan fingerprint density at radius 2 is 1.38 bits per heavy atom. The second-order valence-electron chi connectivity index (χ2n) is 4.61. The van der Waals surface area contributed by atoms with Gasteiger partial charge in [-0.3, -0.25) is 19.2 Å². The lowest BCUT2D eigenvalue weighted by atomic mass is 9.98. The molecule has 5 atom stereocenters. The van der Waals surface area contributed by atoms with Crippen LogP contribution in [0.25, 0.3) is 0 Å². The van der Waals surface area contributed by atoms with Gasteiger partial charge in [-0.2, -0.15) is 0 Å². The monoisotopic (exact) mass is 352 g/mol. The zero-order chi connectivity index (χ0) is 21.3. The number of aliphatic hydroxyl groups excluding tert-OH is 1. The number of carbonyl (C=O) groups is 4. The van der Waals surface area contributed by atoms with Crippen molar-refractivity contribution < 1.29 is 53.5 Å². The van der Waals surface area contributed by atoms with E-state index in [4.69, 9.17) is 29.2 Å². The molecule has 136 valence electrons. The zero-order valence-corrected chi connectivity index (χ0v) is 12.5. The molecule has 1 unspecified atom stereocenters. The summed E-state index contributed by atoms with van der Waals surface area (Å²) >= 11 is 0. The van der Waals surface area contributed by atoms with Crippen molar-refractivity contribution in [2.24, 2.45) is 0 Å². The Kier molecular flexibility index (Phi) is 5.07. The van der Waals surface area contributed by atoms with Crippen molar-refractivity contribution in [2.75, 3.05) is 6.61 Å². The van der Waals surface area contributed by atoms with E-state index in [2.05, 4.69) is 0 Å². The Labute approximate surface area is 143 Å². The minimum Gasteiger partial charge on any atom is -0.463 e. The smallest absolute Gasteiger partial charge is 0.303 e. The highest BCUT2D eigenvalue weighted by Gasteiger charge is 2.51. The van der Waals surface area contributed by atoms with Gasteiger partial charge in [-0.05, 0) is 0 Å². The van der Waals surface area contributed by atoms with Gasteiger partial charge in [-0.25, -0.2) is 0 Å². The number of ether oxygens (including phenoxy) is 5. The van der Waals surface area contributed by atoms with Crippen LogP contribution in [0, 0.1) is 0 Å². The molecule has 1 rings (SSSR count). The number of hydrogen-bond donors (Lipinski definition) is 1. The Hall–Kier alpha value is -2.20. The SMILES string of the molecule is [2H]CC(=O)OC[C@H]1OC(O)[C@@H](OC(=O)C[2H])[C@@H](OC(=O)C[2H])[C@@H]1OC(=O)C[2H]. The molecule has 0 bridgehead atoms. The average molecular weight is 352 g/mol. The van der Waals surface area contributed by atoms with E-state index in [0.717, 1.165) is 0 Å². The minimum atomic E-state index is -1.91. The molecule has 1 N–H and O–H groups in total. The van der Waals surface area contributed by atoms with E-state index in [0.29, 0.717) is 0 Å². The highest BCUT2D eigenvalue weighted by atomic mass is 16.7. The lowest BCUT2D eigenvalue weighted by Gasteiger charge is -2.42. The van der Waals surface area contributed by atoms with Crippen LogP contribution in [0.4, 0.5) is 0 Å². The molecule has 1 aliphatic heterocycles. The van der Waals surface area contributed by atoms with Gasteiger partial charge in [0.25, 0.3) is 0 Å². The van der Waals surface area contributed by atoms with E-state index in [1.165, 1.54) is 0 Å². The van der Waals surface area contributed by atoms with E-state index in [9.17, 15) is 24.3 Å². The third kappa shape index (κ3) is 5.78. The van der Waals surface area contributed by atoms with Gasteiger partial charge in [0, 0.05) is 33.1 Å². The first-order chi connectivity index (χ1) is 13.3. The maximum absolute atomic E-state index is 11.6. The van der Waals surface area contributed by atoms with Crippen LogP contribution in [0.15, 0.2) is 0 Å². The number of hydrogen-bond acceptors (Lipinski definition) is 10. The Balaban J connectivity index is 3.17. The van der Waals surface area contributed by atoms with Crippen molar-refractivity contribution in [3.63, 3.8) is 0 Å². The maximum atomic E-state index is 11.6. The summed E-state index contributed by atoms with van der Waals surface area (Å²) in [6.45, 7) is -3.82. The predicted octanol–water partition coefficient (Wildman–Crippen LogP) is -0.938. The highest BCUT2D eigenvalue weighted by molar-refractivity contribution is 5.68. The summed E-state index contributed by atoms with van der Waals surface area (Å²) in [5.41, 5.74) is 0. The van der Waals surface area contributed by atoms with Gasteiger partial charge in [0.05, 0.1) is 0 Å². The summed E-state index contributed by atoms with van der Waals surface area (Å²) in [6, 6.07) is 0. The fourth-order valence-corrected chi connectivity index (χ4v) is 2.06. The van der Waals surface area contributed by atoms with Gasteiger partial charge in [0.1, 0.15) is 12.7 Å². The molecule has 0 aliphatic carbocycles. The average Bonchev–Trinajstić information content (AvgIpc) is 2.69. The normalized spacial score (nSPS) is 31.5. The van der Waals surface area contributed by atoms with Crippen LogP contribution in [0.3, 0.4) is 0 Å². The molecular formula is C14H20O10. The van der Waals surface area contributed by atoms with Gasteiger partial charge in [-0.15, -0.1) is 0 Å². The molecule has 1 heterocycles. The molecule has 10 heteroatoms. The van der Waals surface area contributed by atoms with Crippen molar-refractivity contribution in [3.8, 4) is 0 Å². The third-order valence-corrected chi connectivity index (χ3v) is 2.82. The molecule has 0 spiro atoms. The van der Waals surface area contributed by atoms with Crippen LogP contribution in [0.1, 0.15) is 33.1 Å². The lowest BCUT2D eigenvalue weighted by molar-refractivity contribution is -0.296. The topological polar surface area (TPSA) is 135 Å². The first-order valence-electron chi connectivity index (χ1n) is 9.34. The van der Waals surface area contributed by atoms with Crippen molar-refractivity contribution in [2.45, 2.75) is 58.3 Å². The van der Waals surface area contributed by atoms with Crippen molar-refractivity contribution in [3.05, 3.63) is 0 Å². The zero-order valence-electron chi connectivity index (χ0n) is 16.5. The minimum absolute atomic E-state index is 0.612. The van der Waals surface area contributed by atoms with Crippen molar-refractivity contribution in [1.82, 2.24) is 0 Å². The molecule has 0 aromatic rings. The number of rotatable bonds is 5. The van der Waals surface area contributed by atoms with Gasteiger partial charge < -0.3 is 28.8 Å². The van der Waals surface area contributed by atoms with E-state index < -0.39 is 88.8 Å². The maximum Gasteiger partial charge on any atom is 0.303 e. The standard InChI is InChI=1S/C14H20O10/c1-6(15)20-5-10-11(21-7(2)16)12(22-8(3)17)13(14(19)24-10)23-9(4)18/h10-14,19H,5H2,1-4H3/t10-,11-,12+,13+,14?/m1/s1/i1D,2D,3D,4D. The summed E-state index contributed by atoms with van der Waals surface area (Å²) in [5, 5.41) is 10.1. The van der Waals surface area contributed by atoms with Gasteiger partial charge in [0.2, 0.25) is 0 Å². The summed E-state index contributed by atoms with van der Waals surface area (Å²) in [5.74, 6) is -4.26. The molecule has 24 heavy (non-hydrogen) atoms. The molecule has 0 radical (unpaired) electrons. The van der Waals surface area contributed by atoms with E-state index >= 15 is 0 Å². The lowest BCUT2D eigenvalue weighted by Crippen LogP contribution is -2.62. The molecule has 0 aromatic heterocycles. The van der Waals surface area contributed by atoms with Gasteiger partial charge in [-0.1, -0.05) is 0 Å².